The van der Waals surface area contributed by atoms with Crippen LogP contribution in [0.3, 0.4) is 0 Å². The number of hydrogen-bond acceptors (Lipinski definition) is 6. The highest BCUT2D eigenvalue weighted by molar-refractivity contribution is 9.10. The van der Waals surface area contributed by atoms with Gasteiger partial charge < -0.3 is 14.7 Å². The summed E-state index contributed by atoms with van der Waals surface area (Å²) in [5.74, 6) is 0.706. The summed E-state index contributed by atoms with van der Waals surface area (Å²) < 4.78 is 6.45. The normalized spacial score (nSPS) is 18.8. The number of fused-ring (bicyclic) bond motifs is 1. The lowest BCUT2D eigenvalue weighted by Crippen LogP contribution is -2.48. The summed E-state index contributed by atoms with van der Waals surface area (Å²) in [7, 11) is 0. The van der Waals surface area contributed by atoms with Gasteiger partial charge in [-0.15, -0.1) is 0 Å². The van der Waals surface area contributed by atoms with E-state index in [-0.39, 0.29) is 24.3 Å². The lowest BCUT2D eigenvalue weighted by Gasteiger charge is -2.36. The molecule has 3 heterocycles. The molecule has 164 valence electrons. The Kier molecular flexibility index (Phi) is 5.75. The van der Waals surface area contributed by atoms with Crippen LogP contribution >= 0.6 is 15.9 Å². The Balaban J connectivity index is 1.27. The number of nitrogens with one attached hydrogen (secondary N) is 1. The Bertz CT molecular complexity index is 1150. The fourth-order valence-electron chi connectivity index (χ4n) is 4.28. The number of hydrogen-bond donors (Lipinski definition) is 1. The zero-order valence-corrected chi connectivity index (χ0v) is 18.9. The van der Waals surface area contributed by atoms with Crippen LogP contribution in [0.4, 0.5) is 11.4 Å². The third kappa shape index (κ3) is 4.31. The molecule has 0 radical (unpaired) electrons. The average molecular weight is 496 g/mol. The molecule has 1 aromatic heterocycles. The van der Waals surface area contributed by atoms with Crippen molar-refractivity contribution in [2.45, 2.75) is 19.4 Å². The molecule has 1 saturated heterocycles. The summed E-state index contributed by atoms with van der Waals surface area (Å²) >= 11 is 3.42. The van der Waals surface area contributed by atoms with E-state index < -0.39 is 0 Å². The van der Waals surface area contributed by atoms with Gasteiger partial charge >= 0.3 is 0 Å². The smallest absolute Gasteiger partial charge is 0.244 e. The Morgan fingerprint density at radius 1 is 1.19 bits per heavy atom. The van der Waals surface area contributed by atoms with E-state index in [1.807, 2.05) is 48.5 Å². The predicted octanol–water partition coefficient (Wildman–Crippen LogP) is 3.70. The molecular weight excluding hydrogens is 474 g/mol. The molecule has 1 fully saturated rings. The van der Waals surface area contributed by atoms with Crippen molar-refractivity contribution in [3.8, 4) is 11.4 Å². The highest BCUT2D eigenvalue weighted by atomic mass is 79.9. The molecule has 0 spiro atoms. The van der Waals surface area contributed by atoms with Gasteiger partial charge in [0.25, 0.3) is 0 Å². The molecule has 1 atom stereocenters. The third-order valence-electron chi connectivity index (χ3n) is 5.82. The molecule has 1 unspecified atom stereocenters. The largest absolute Gasteiger partial charge is 0.338 e. The first-order valence-corrected chi connectivity index (χ1v) is 11.4. The number of benzene rings is 2. The summed E-state index contributed by atoms with van der Waals surface area (Å²) in [6.07, 6.45) is 1.69. The Hall–Kier alpha value is -3.04. The Morgan fingerprint density at radius 3 is 2.84 bits per heavy atom. The molecule has 5 rings (SSSR count). The number of carbonyl (C=O) groups excluding carboxylic acids is 2. The standard InChI is InChI=1S/C23H22BrN5O3/c24-17-9-7-15(8-10-17)22-26-21(32-27-22)14-28-11-3-4-16(12-28)23(31)29-13-20(30)25-18-5-1-2-6-19(18)29/h1-2,5-10,16H,3-4,11-14H2,(H,25,30). The van der Waals surface area contributed by atoms with Gasteiger partial charge in [0.05, 0.1) is 23.8 Å². The lowest BCUT2D eigenvalue weighted by atomic mass is 9.95. The van der Waals surface area contributed by atoms with Crippen LogP contribution in [-0.4, -0.2) is 46.5 Å². The van der Waals surface area contributed by atoms with Crippen LogP contribution in [-0.2, 0) is 16.1 Å². The maximum Gasteiger partial charge on any atom is 0.244 e. The quantitative estimate of drug-likeness (QED) is 0.593. The summed E-state index contributed by atoms with van der Waals surface area (Å²) in [4.78, 5) is 33.8. The molecule has 9 heteroatoms. The van der Waals surface area contributed by atoms with E-state index in [1.54, 1.807) is 4.90 Å². The number of halogens is 1. The van der Waals surface area contributed by atoms with Gasteiger partial charge in [-0.05, 0) is 55.8 Å². The van der Waals surface area contributed by atoms with Gasteiger partial charge in [-0.25, -0.2) is 0 Å². The number of piperidine rings is 1. The van der Waals surface area contributed by atoms with Gasteiger partial charge in [0, 0.05) is 16.6 Å². The molecule has 0 aliphatic carbocycles. The van der Waals surface area contributed by atoms with E-state index in [2.05, 4.69) is 36.3 Å². The number of aromatic nitrogens is 2. The average Bonchev–Trinajstić information content (AvgIpc) is 3.27. The van der Waals surface area contributed by atoms with E-state index in [1.165, 1.54) is 0 Å². The van der Waals surface area contributed by atoms with Crippen molar-refractivity contribution in [2.75, 3.05) is 29.9 Å². The summed E-state index contributed by atoms with van der Waals surface area (Å²) in [6.45, 7) is 1.99. The zero-order valence-electron chi connectivity index (χ0n) is 17.3. The van der Waals surface area contributed by atoms with Crippen LogP contribution in [0.1, 0.15) is 18.7 Å². The minimum absolute atomic E-state index is 0.0157. The van der Waals surface area contributed by atoms with Gasteiger partial charge in [0.1, 0.15) is 6.54 Å². The molecule has 2 aliphatic heterocycles. The van der Waals surface area contributed by atoms with E-state index in [4.69, 9.17) is 4.52 Å². The zero-order chi connectivity index (χ0) is 22.1. The van der Waals surface area contributed by atoms with Crippen LogP contribution in [0.2, 0.25) is 0 Å². The number of carbonyl (C=O) groups is 2. The molecule has 3 aromatic rings. The first kappa shape index (κ1) is 20.8. The van der Waals surface area contributed by atoms with Crippen molar-refractivity contribution in [2.24, 2.45) is 5.92 Å². The molecule has 8 nitrogen and oxygen atoms in total. The van der Waals surface area contributed by atoms with Crippen molar-refractivity contribution in [1.29, 1.82) is 0 Å². The maximum absolute atomic E-state index is 13.3. The maximum atomic E-state index is 13.3. The summed E-state index contributed by atoms with van der Waals surface area (Å²) in [5, 5.41) is 6.93. The number of nitrogens with zero attached hydrogens (tertiary/aromatic N) is 4. The minimum atomic E-state index is -0.184. The van der Waals surface area contributed by atoms with Crippen molar-refractivity contribution in [3.63, 3.8) is 0 Å². The Morgan fingerprint density at radius 2 is 2.00 bits per heavy atom. The van der Waals surface area contributed by atoms with Crippen LogP contribution in [0.5, 0.6) is 0 Å². The highest BCUT2D eigenvalue weighted by Gasteiger charge is 2.34. The van der Waals surface area contributed by atoms with Gasteiger partial charge in [-0.1, -0.05) is 33.2 Å². The second kappa shape index (κ2) is 8.84. The topological polar surface area (TPSA) is 91.6 Å². The molecule has 2 aromatic carbocycles. The third-order valence-corrected chi connectivity index (χ3v) is 6.35. The molecule has 0 saturated carbocycles. The number of amides is 2. The summed E-state index contributed by atoms with van der Waals surface area (Å²) in [6, 6.07) is 15.1. The van der Waals surface area contributed by atoms with Gasteiger partial charge in [0.2, 0.25) is 23.5 Å². The fourth-order valence-corrected chi connectivity index (χ4v) is 4.54. The van der Waals surface area contributed by atoms with Crippen molar-refractivity contribution in [3.05, 3.63) is 58.9 Å². The van der Waals surface area contributed by atoms with Crippen LogP contribution < -0.4 is 10.2 Å². The van der Waals surface area contributed by atoms with Gasteiger partial charge in [-0.3, -0.25) is 14.5 Å². The van der Waals surface area contributed by atoms with Gasteiger partial charge in [-0.2, -0.15) is 4.98 Å². The second-order valence-corrected chi connectivity index (χ2v) is 9.00. The molecular formula is C23H22BrN5O3. The van der Waals surface area contributed by atoms with Crippen LogP contribution in [0.15, 0.2) is 57.5 Å². The molecule has 32 heavy (non-hydrogen) atoms. The first-order valence-electron chi connectivity index (χ1n) is 10.6. The number of anilines is 2. The number of likely N-dealkylation sites (tertiary alicyclic amines) is 1. The van der Waals surface area contributed by atoms with Gasteiger partial charge in [0.15, 0.2) is 0 Å². The molecule has 1 N–H and O–H groups in total. The fraction of sp³-hybridized carbons (Fsp3) is 0.304. The van der Waals surface area contributed by atoms with E-state index in [9.17, 15) is 9.59 Å². The van der Waals surface area contributed by atoms with E-state index >= 15 is 0 Å². The Labute approximate surface area is 193 Å². The minimum Gasteiger partial charge on any atom is -0.338 e. The predicted molar refractivity (Wildman–Crippen MR) is 123 cm³/mol. The van der Waals surface area contributed by atoms with Crippen LogP contribution in [0.25, 0.3) is 11.4 Å². The second-order valence-electron chi connectivity index (χ2n) is 8.08. The summed E-state index contributed by atoms with van der Waals surface area (Å²) in [5.41, 5.74) is 2.32. The monoisotopic (exact) mass is 495 g/mol. The van der Waals surface area contributed by atoms with Crippen LogP contribution in [0, 0.1) is 5.92 Å². The molecule has 0 bridgehead atoms. The number of rotatable bonds is 4. The highest BCUT2D eigenvalue weighted by Crippen LogP contribution is 2.31. The van der Waals surface area contributed by atoms with Crippen molar-refractivity contribution < 1.29 is 14.1 Å². The number of para-hydroxylation sites is 2. The lowest BCUT2D eigenvalue weighted by molar-refractivity contribution is -0.126. The molecule has 2 aliphatic rings. The van der Waals surface area contributed by atoms with E-state index in [0.29, 0.717) is 30.5 Å². The van der Waals surface area contributed by atoms with Crippen molar-refractivity contribution >= 4 is 39.1 Å². The first-order chi connectivity index (χ1) is 15.6. The van der Waals surface area contributed by atoms with Crippen molar-refractivity contribution in [1.82, 2.24) is 15.0 Å². The van der Waals surface area contributed by atoms with E-state index in [0.717, 1.165) is 35.1 Å². The SMILES string of the molecule is O=C1CN(C(=O)C2CCCN(Cc3nc(-c4ccc(Br)cc4)no3)C2)c2ccccc2N1. The molecule has 2 amide bonds.